The normalized spacial score (nSPS) is 17.4. The van der Waals surface area contributed by atoms with Gasteiger partial charge in [0.25, 0.3) is 0 Å². The molecule has 21 heavy (non-hydrogen) atoms. The number of benzene rings is 2. The average molecular weight is 278 g/mol. The monoisotopic (exact) mass is 278 g/mol. The van der Waals surface area contributed by atoms with Crippen molar-refractivity contribution in [2.24, 2.45) is 9.98 Å². The summed E-state index contributed by atoms with van der Waals surface area (Å²) in [6.07, 6.45) is -0.148. The lowest BCUT2D eigenvalue weighted by Crippen LogP contribution is -2.09. The minimum Gasteiger partial charge on any atom is -0.496 e. The van der Waals surface area contributed by atoms with Crippen LogP contribution in [0.5, 0.6) is 5.75 Å². The highest BCUT2D eigenvalue weighted by molar-refractivity contribution is 6.49. The number of methoxy groups -OCH3 is 1. The number of para-hydroxylation sites is 1. The van der Waals surface area contributed by atoms with Crippen molar-refractivity contribution in [2.75, 3.05) is 7.11 Å². The van der Waals surface area contributed by atoms with E-state index in [0.717, 1.165) is 28.3 Å². The summed E-state index contributed by atoms with van der Waals surface area (Å²) in [5.41, 5.74) is 5.22. The molecule has 0 saturated heterocycles. The summed E-state index contributed by atoms with van der Waals surface area (Å²) in [6, 6.07) is 16.3. The zero-order valence-electron chi connectivity index (χ0n) is 12.5. The fourth-order valence-corrected chi connectivity index (χ4v) is 2.48. The van der Waals surface area contributed by atoms with Gasteiger partial charge in [0.05, 0.1) is 18.5 Å². The third kappa shape index (κ3) is 2.59. The van der Waals surface area contributed by atoms with Crippen molar-refractivity contribution in [1.29, 1.82) is 0 Å². The maximum absolute atomic E-state index is 5.43. The molecule has 2 aromatic rings. The van der Waals surface area contributed by atoms with E-state index in [1.807, 2.05) is 31.2 Å². The Morgan fingerprint density at radius 2 is 1.62 bits per heavy atom. The molecule has 1 heterocycles. The van der Waals surface area contributed by atoms with Gasteiger partial charge >= 0.3 is 0 Å². The number of aryl methyl sites for hydroxylation is 1. The molecule has 0 saturated carbocycles. The molecular formula is C18H18N2O. The van der Waals surface area contributed by atoms with Crippen LogP contribution >= 0.6 is 0 Å². The van der Waals surface area contributed by atoms with Crippen LogP contribution in [0.25, 0.3) is 0 Å². The summed E-state index contributed by atoms with van der Waals surface area (Å²) >= 11 is 0. The molecule has 1 atom stereocenters. The van der Waals surface area contributed by atoms with Gasteiger partial charge in [-0.15, -0.1) is 0 Å². The maximum Gasteiger partial charge on any atom is 0.166 e. The third-order valence-electron chi connectivity index (χ3n) is 3.65. The van der Waals surface area contributed by atoms with Crippen LogP contribution in [-0.4, -0.2) is 18.5 Å². The first-order chi connectivity index (χ1) is 10.2. The molecule has 0 bridgehead atoms. The van der Waals surface area contributed by atoms with Crippen LogP contribution in [0.1, 0.15) is 29.8 Å². The van der Waals surface area contributed by atoms with Crippen LogP contribution < -0.4 is 4.74 Å². The molecular weight excluding hydrogens is 260 g/mol. The second-order valence-electron chi connectivity index (χ2n) is 5.18. The first kappa shape index (κ1) is 13.6. The van der Waals surface area contributed by atoms with Gasteiger partial charge in [0.2, 0.25) is 0 Å². The molecule has 2 aromatic carbocycles. The van der Waals surface area contributed by atoms with E-state index < -0.39 is 0 Å². The number of nitrogens with zero attached hydrogens (tertiary/aromatic N) is 2. The van der Waals surface area contributed by atoms with Crippen molar-refractivity contribution in [3.63, 3.8) is 0 Å². The molecule has 0 spiro atoms. The van der Waals surface area contributed by atoms with Crippen molar-refractivity contribution in [1.82, 2.24) is 0 Å². The Morgan fingerprint density at radius 1 is 0.905 bits per heavy atom. The van der Waals surface area contributed by atoms with Crippen LogP contribution in [0.3, 0.4) is 0 Å². The van der Waals surface area contributed by atoms with Gasteiger partial charge in [0.15, 0.2) is 6.17 Å². The molecule has 0 fully saturated rings. The molecule has 3 heteroatoms. The zero-order valence-corrected chi connectivity index (χ0v) is 12.5. The summed E-state index contributed by atoms with van der Waals surface area (Å²) in [7, 11) is 1.68. The van der Waals surface area contributed by atoms with Crippen LogP contribution in [0.4, 0.5) is 0 Å². The Hall–Kier alpha value is -2.42. The standard InChI is InChI=1S/C18H18N2O/c1-12-8-10-14(11-9-12)18-19-13(2)17(20-18)15-6-4-5-7-16(15)21-3/h4-11,18H,1-3H3/t18-/m1/s1. The van der Waals surface area contributed by atoms with Gasteiger partial charge in [-0.2, -0.15) is 0 Å². The number of hydrogen-bond donors (Lipinski definition) is 0. The maximum atomic E-state index is 5.43. The van der Waals surface area contributed by atoms with Crippen molar-refractivity contribution >= 4 is 11.4 Å². The number of hydrogen-bond acceptors (Lipinski definition) is 3. The van der Waals surface area contributed by atoms with Gasteiger partial charge in [-0.25, -0.2) is 0 Å². The van der Waals surface area contributed by atoms with E-state index in [2.05, 4.69) is 36.2 Å². The van der Waals surface area contributed by atoms with Gasteiger partial charge < -0.3 is 4.74 Å². The molecule has 0 unspecified atom stereocenters. The van der Waals surface area contributed by atoms with Gasteiger partial charge in [0.1, 0.15) is 5.75 Å². The highest BCUT2D eigenvalue weighted by atomic mass is 16.5. The predicted molar refractivity (Wildman–Crippen MR) is 86.6 cm³/mol. The smallest absolute Gasteiger partial charge is 0.166 e. The lowest BCUT2D eigenvalue weighted by atomic mass is 10.1. The Balaban J connectivity index is 1.99. The SMILES string of the molecule is COc1ccccc1C1=N[C@H](c2ccc(C)cc2)N=C1C. The van der Waals surface area contributed by atoms with Crippen LogP contribution in [0, 0.1) is 6.92 Å². The Morgan fingerprint density at radius 3 is 2.33 bits per heavy atom. The van der Waals surface area contributed by atoms with Gasteiger partial charge in [0, 0.05) is 5.56 Å². The fourth-order valence-electron chi connectivity index (χ4n) is 2.48. The van der Waals surface area contributed by atoms with Crippen LogP contribution in [-0.2, 0) is 0 Å². The van der Waals surface area contributed by atoms with E-state index in [-0.39, 0.29) is 6.17 Å². The second kappa shape index (κ2) is 5.52. The van der Waals surface area contributed by atoms with Gasteiger partial charge in [-0.05, 0) is 31.5 Å². The molecule has 1 aliphatic rings. The molecule has 0 aromatic heterocycles. The lowest BCUT2D eigenvalue weighted by molar-refractivity contribution is 0.414. The van der Waals surface area contributed by atoms with Crippen molar-refractivity contribution in [3.05, 3.63) is 65.2 Å². The van der Waals surface area contributed by atoms with Crippen molar-refractivity contribution in [3.8, 4) is 5.75 Å². The fraction of sp³-hybridized carbons (Fsp3) is 0.222. The highest BCUT2D eigenvalue weighted by Crippen LogP contribution is 2.29. The van der Waals surface area contributed by atoms with Gasteiger partial charge in [-0.1, -0.05) is 42.0 Å². The van der Waals surface area contributed by atoms with Gasteiger partial charge in [-0.3, -0.25) is 9.98 Å². The predicted octanol–water partition coefficient (Wildman–Crippen LogP) is 3.97. The van der Waals surface area contributed by atoms with Crippen LogP contribution in [0.2, 0.25) is 0 Å². The second-order valence-corrected chi connectivity index (χ2v) is 5.18. The first-order valence-electron chi connectivity index (χ1n) is 7.01. The highest BCUT2D eigenvalue weighted by Gasteiger charge is 2.22. The molecule has 1 aliphatic heterocycles. The Labute approximate surface area is 125 Å². The quantitative estimate of drug-likeness (QED) is 0.836. The Kier molecular flexibility index (Phi) is 3.57. The molecule has 0 amide bonds. The average Bonchev–Trinajstić information content (AvgIpc) is 2.89. The van der Waals surface area contributed by atoms with Crippen molar-refractivity contribution in [2.45, 2.75) is 20.0 Å². The molecule has 3 nitrogen and oxygen atoms in total. The van der Waals surface area contributed by atoms with E-state index in [0.29, 0.717) is 0 Å². The third-order valence-corrected chi connectivity index (χ3v) is 3.65. The van der Waals surface area contributed by atoms with E-state index in [1.165, 1.54) is 5.56 Å². The number of aliphatic imine (C=N–C) groups is 2. The largest absolute Gasteiger partial charge is 0.496 e. The Bertz CT molecular complexity index is 714. The summed E-state index contributed by atoms with van der Waals surface area (Å²) < 4.78 is 5.43. The van der Waals surface area contributed by atoms with Crippen LogP contribution in [0.15, 0.2) is 58.5 Å². The summed E-state index contributed by atoms with van der Waals surface area (Å²) in [4.78, 5) is 9.46. The van der Waals surface area contributed by atoms with E-state index in [9.17, 15) is 0 Å². The van der Waals surface area contributed by atoms with Crippen molar-refractivity contribution < 1.29 is 4.74 Å². The molecule has 3 rings (SSSR count). The van der Waals surface area contributed by atoms with E-state index >= 15 is 0 Å². The summed E-state index contributed by atoms with van der Waals surface area (Å²) in [5.74, 6) is 0.829. The minimum absolute atomic E-state index is 0.148. The number of rotatable bonds is 3. The molecule has 0 aliphatic carbocycles. The lowest BCUT2D eigenvalue weighted by Gasteiger charge is -2.08. The zero-order chi connectivity index (χ0) is 14.8. The first-order valence-corrected chi connectivity index (χ1v) is 7.01. The molecule has 0 radical (unpaired) electrons. The van der Waals surface area contributed by atoms with E-state index in [4.69, 9.17) is 9.73 Å². The number of ether oxygens (including phenoxy) is 1. The summed E-state index contributed by atoms with van der Waals surface area (Å²) in [5, 5.41) is 0. The molecule has 106 valence electrons. The summed E-state index contributed by atoms with van der Waals surface area (Å²) in [6.45, 7) is 4.08. The topological polar surface area (TPSA) is 34.0 Å². The van der Waals surface area contributed by atoms with E-state index in [1.54, 1.807) is 7.11 Å². The minimum atomic E-state index is -0.148. The molecule has 0 N–H and O–H groups in total.